The Bertz CT molecular complexity index is 877. The Labute approximate surface area is 137 Å². The van der Waals surface area contributed by atoms with Crippen molar-refractivity contribution in [3.63, 3.8) is 0 Å². The summed E-state index contributed by atoms with van der Waals surface area (Å²) in [5.74, 6) is -0.590. The molecule has 7 heteroatoms. The summed E-state index contributed by atoms with van der Waals surface area (Å²) in [6, 6.07) is 12.1. The molecule has 0 saturated carbocycles. The molecular formula is C16H14N4O2S. The quantitative estimate of drug-likeness (QED) is 0.673. The van der Waals surface area contributed by atoms with E-state index in [4.69, 9.17) is 4.74 Å². The normalized spacial score (nSPS) is 10.6. The third-order valence-corrected chi connectivity index (χ3v) is 4.26. The van der Waals surface area contributed by atoms with Gasteiger partial charge in [-0.3, -0.25) is 0 Å². The van der Waals surface area contributed by atoms with Gasteiger partial charge in [-0.05, 0) is 18.9 Å². The van der Waals surface area contributed by atoms with E-state index in [1.807, 2.05) is 24.3 Å². The van der Waals surface area contributed by atoms with Gasteiger partial charge < -0.3 is 4.74 Å². The van der Waals surface area contributed by atoms with Crippen LogP contribution in [0.15, 0.2) is 30.3 Å². The van der Waals surface area contributed by atoms with E-state index in [1.54, 1.807) is 6.92 Å². The fraction of sp³-hybridized carbons (Fsp3) is 0.250. The van der Waals surface area contributed by atoms with Gasteiger partial charge in [0.15, 0.2) is 11.4 Å². The van der Waals surface area contributed by atoms with Crippen molar-refractivity contribution in [1.82, 2.24) is 14.6 Å². The van der Waals surface area contributed by atoms with Gasteiger partial charge in [-0.15, -0.1) is 0 Å². The number of nitriles is 1. The number of fused-ring (bicyclic) bond motifs is 1. The molecule has 0 bridgehead atoms. The smallest absolute Gasteiger partial charge is 0.360 e. The first-order valence-corrected chi connectivity index (χ1v) is 8.04. The highest BCUT2D eigenvalue weighted by molar-refractivity contribution is 7.16. The first-order chi connectivity index (χ1) is 11.2. The molecule has 0 spiro atoms. The zero-order chi connectivity index (χ0) is 16.2. The SMILES string of the molecule is CCOC(=O)c1nc2sc(CCc3ccccc3)nn2c1C#N. The number of carbonyl (C=O) groups excluding carboxylic acids is 1. The summed E-state index contributed by atoms with van der Waals surface area (Å²) in [6.07, 6.45) is 1.63. The van der Waals surface area contributed by atoms with Gasteiger partial charge in [0, 0.05) is 6.42 Å². The fourth-order valence-corrected chi connectivity index (χ4v) is 3.12. The lowest BCUT2D eigenvalue weighted by Crippen LogP contribution is -2.08. The molecule has 2 heterocycles. The second kappa shape index (κ2) is 6.58. The van der Waals surface area contributed by atoms with Gasteiger partial charge in [-0.25, -0.2) is 9.78 Å². The molecule has 0 unspecified atom stereocenters. The Morgan fingerprint density at radius 3 is 2.83 bits per heavy atom. The van der Waals surface area contributed by atoms with Crippen LogP contribution < -0.4 is 0 Å². The predicted molar refractivity (Wildman–Crippen MR) is 85.4 cm³/mol. The monoisotopic (exact) mass is 326 g/mol. The molecule has 3 aromatic rings. The van der Waals surface area contributed by atoms with Crippen LogP contribution in [-0.4, -0.2) is 27.2 Å². The number of hydrogen-bond donors (Lipinski definition) is 0. The topological polar surface area (TPSA) is 80.3 Å². The zero-order valence-electron chi connectivity index (χ0n) is 12.5. The minimum absolute atomic E-state index is 0.0303. The van der Waals surface area contributed by atoms with Crippen LogP contribution >= 0.6 is 11.3 Å². The molecule has 0 radical (unpaired) electrons. The highest BCUT2D eigenvalue weighted by Crippen LogP contribution is 2.20. The van der Waals surface area contributed by atoms with Gasteiger partial charge in [0.1, 0.15) is 11.1 Å². The predicted octanol–water partition coefficient (Wildman–Crippen LogP) is 2.62. The van der Waals surface area contributed by atoms with Crippen LogP contribution in [-0.2, 0) is 17.6 Å². The molecule has 3 rings (SSSR count). The molecule has 0 aliphatic carbocycles. The molecular weight excluding hydrogens is 312 g/mol. The average Bonchev–Trinajstić information content (AvgIpc) is 3.11. The third kappa shape index (κ3) is 3.07. The van der Waals surface area contributed by atoms with E-state index in [-0.39, 0.29) is 18.0 Å². The van der Waals surface area contributed by atoms with Crippen molar-refractivity contribution in [3.05, 3.63) is 52.3 Å². The first kappa shape index (κ1) is 15.2. The second-order valence-electron chi connectivity index (χ2n) is 4.82. The van der Waals surface area contributed by atoms with Crippen molar-refractivity contribution in [1.29, 1.82) is 5.26 Å². The highest BCUT2D eigenvalue weighted by Gasteiger charge is 2.22. The molecule has 0 aliphatic heterocycles. The van der Waals surface area contributed by atoms with Crippen LogP contribution in [0.2, 0.25) is 0 Å². The molecule has 0 N–H and O–H groups in total. The van der Waals surface area contributed by atoms with Crippen LogP contribution in [0.3, 0.4) is 0 Å². The van der Waals surface area contributed by atoms with Crippen molar-refractivity contribution < 1.29 is 9.53 Å². The van der Waals surface area contributed by atoms with E-state index in [0.717, 1.165) is 17.8 Å². The maximum atomic E-state index is 11.8. The van der Waals surface area contributed by atoms with Gasteiger partial charge in [0.25, 0.3) is 0 Å². The molecule has 0 atom stereocenters. The lowest BCUT2D eigenvalue weighted by Gasteiger charge is -1.98. The molecule has 0 amide bonds. The number of nitrogens with zero attached hydrogens (tertiary/aromatic N) is 4. The number of aryl methyl sites for hydroxylation is 2. The largest absolute Gasteiger partial charge is 0.461 e. The maximum Gasteiger partial charge on any atom is 0.360 e. The molecule has 0 saturated heterocycles. The summed E-state index contributed by atoms with van der Waals surface area (Å²) in [6.45, 7) is 1.95. The Morgan fingerprint density at radius 1 is 1.35 bits per heavy atom. The minimum Gasteiger partial charge on any atom is -0.461 e. The molecule has 0 aliphatic rings. The van der Waals surface area contributed by atoms with Crippen LogP contribution in [0.5, 0.6) is 0 Å². The highest BCUT2D eigenvalue weighted by atomic mass is 32.1. The Hall–Kier alpha value is -2.72. The van der Waals surface area contributed by atoms with Gasteiger partial charge in [-0.1, -0.05) is 41.7 Å². The number of imidazole rings is 1. The first-order valence-electron chi connectivity index (χ1n) is 7.22. The van der Waals surface area contributed by atoms with Crippen LogP contribution in [0.4, 0.5) is 0 Å². The Kier molecular flexibility index (Phi) is 4.35. The summed E-state index contributed by atoms with van der Waals surface area (Å²) in [5, 5.41) is 14.6. The molecule has 0 fully saturated rings. The van der Waals surface area contributed by atoms with E-state index in [0.29, 0.717) is 4.96 Å². The lowest BCUT2D eigenvalue weighted by molar-refractivity contribution is 0.0520. The van der Waals surface area contributed by atoms with Crippen molar-refractivity contribution >= 4 is 22.3 Å². The van der Waals surface area contributed by atoms with E-state index < -0.39 is 5.97 Å². The average molecular weight is 326 g/mol. The number of esters is 1. The number of hydrogen-bond acceptors (Lipinski definition) is 6. The Balaban J connectivity index is 1.84. The second-order valence-corrected chi connectivity index (χ2v) is 5.86. The van der Waals surface area contributed by atoms with E-state index in [9.17, 15) is 10.1 Å². The summed E-state index contributed by atoms with van der Waals surface area (Å²) in [4.78, 5) is 16.5. The lowest BCUT2D eigenvalue weighted by atomic mass is 10.1. The van der Waals surface area contributed by atoms with E-state index >= 15 is 0 Å². The molecule has 116 valence electrons. The molecule has 6 nitrogen and oxygen atoms in total. The number of benzene rings is 1. The van der Waals surface area contributed by atoms with E-state index in [2.05, 4.69) is 22.2 Å². The van der Waals surface area contributed by atoms with Crippen LogP contribution in [0.1, 0.15) is 33.7 Å². The van der Waals surface area contributed by atoms with Crippen molar-refractivity contribution in [2.75, 3.05) is 6.61 Å². The van der Waals surface area contributed by atoms with Crippen LogP contribution in [0.25, 0.3) is 4.96 Å². The van der Waals surface area contributed by atoms with Gasteiger partial charge in [-0.2, -0.15) is 14.9 Å². The van der Waals surface area contributed by atoms with E-state index in [1.165, 1.54) is 21.4 Å². The fourth-order valence-electron chi connectivity index (χ4n) is 2.23. The van der Waals surface area contributed by atoms with Crippen molar-refractivity contribution in [3.8, 4) is 6.07 Å². The molecule has 23 heavy (non-hydrogen) atoms. The number of rotatable bonds is 5. The summed E-state index contributed by atoms with van der Waals surface area (Å²) < 4.78 is 6.34. The van der Waals surface area contributed by atoms with Crippen LogP contribution in [0, 0.1) is 11.3 Å². The molecule has 1 aromatic carbocycles. The third-order valence-electron chi connectivity index (χ3n) is 3.29. The molecule has 2 aromatic heterocycles. The summed E-state index contributed by atoms with van der Waals surface area (Å²) >= 11 is 1.38. The number of ether oxygens (including phenoxy) is 1. The van der Waals surface area contributed by atoms with Gasteiger partial charge in [0.05, 0.1) is 6.61 Å². The van der Waals surface area contributed by atoms with Gasteiger partial charge >= 0.3 is 5.97 Å². The van der Waals surface area contributed by atoms with Crippen molar-refractivity contribution in [2.45, 2.75) is 19.8 Å². The summed E-state index contributed by atoms with van der Waals surface area (Å²) in [5.41, 5.74) is 1.39. The summed E-state index contributed by atoms with van der Waals surface area (Å²) in [7, 11) is 0. The van der Waals surface area contributed by atoms with Gasteiger partial charge in [0.2, 0.25) is 4.96 Å². The maximum absolute atomic E-state index is 11.8. The number of aromatic nitrogens is 3. The van der Waals surface area contributed by atoms with Crippen molar-refractivity contribution in [2.24, 2.45) is 0 Å². The number of carbonyl (C=O) groups is 1. The standard InChI is InChI=1S/C16H14N4O2S/c1-2-22-15(21)14-12(10-17)20-16(18-14)23-13(19-20)9-8-11-6-4-3-5-7-11/h3-7H,2,8-9H2,1H3. The zero-order valence-corrected chi connectivity index (χ0v) is 13.3. The Morgan fingerprint density at radius 2 is 2.13 bits per heavy atom. The minimum atomic E-state index is -0.590.